The van der Waals surface area contributed by atoms with Crippen molar-refractivity contribution in [3.63, 3.8) is 0 Å². The van der Waals surface area contributed by atoms with Crippen molar-refractivity contribution < 1.29 is 19.1 Å². The molecule has 0 aliphatic rings. The first-order chi connectivity index (χ1) is 17.0. The number of nitrogens with one attached hydrogen (secondary N) is 1. The van der Waals surface area contributed by atoms with Crippen LogP contribution in [0, 0.1) is 0 Å². The molecule has 184 valence electrons. The van der Waals surface area contributed by atoms with Crippen molar-refractivity contribution in [2.45, 2.75) is 38.8 Å². The van der Waals surface area contributed by atoms with E-state index in [1.807, 2.05) is 85.8 Å². The maximum Gasteiger partial charge on any atom is 0.247 e. The number of rotatable bonds is 12. The van der Waals surface area contributed by atoms with Crippen molar-refractivity contribution in [1.29, 1.82) is 0 Å². The highest BCUT2D eigenvalue weighted by Gasteiger charge is 2.31. The minimum absolute atomic E-state index is 0.0533. The van der Waals surface area contributed by atoms with Gasteiger partial charge in [-0.25, -0.2) is 0 Å². The van der Waals surface area contributed by atoms with Crippen molar-refractivity contribution in [3.8, 4) is 11.5 Å². The lowest BCUT2D eigenvalue weighted by Gasteiger charge is -2.31. The number of amides is 2. The zero-order valence-corrected chi connectivity index (χ0v) is 20.7. The Labute approximate surface area is 207 Å². The topological polar surface area (TPSA) is 67.9 Å². The van der Waals surface area contributed by atoms with Crippen molar-refractivity contribution >= 4 is 11.8 Å². The van der Waals surface area contributed by atoms with Gasteiger partial charge in [-0.3, -0.25) is 9.59 Å². The molecule has 3 rings (SSSR count). The molecule has 0 heterocycles. The van der Waals surface area contributed by atoms with Crippen LogP contribution < -0.4 is 14.8 Å². The van der Waals surface area contributed by atoms with E-state index in [4.69, 9.17) is 9.47 Å². The molecule has 0 unspecified atom stereocenters. The number of carbonyl (C=O) groups is 2. The molecule has 0 spiro atoms. The Morgan fingerprint density at radius 2 is 1.40 bits per heavy atom. The van der Waals surface area contributed by atoms with E-state index < -0.39 is 6.04 Å². The fourth-order valence-corrected chi connectivity index (χ4v) is 3.94. The van der Waals surface area contributed by atoms with E-state index in [2.05, 4.69) is 5.32 Å². The monoisotopic (exact) mass is 474 g/mol. The molecule has 0 aliphatic heterocycles. The van der Waals surface area contributed by atoms with Gasteiger partial charge in [-0.2, -0.15) is 0 Å². The van der Waals surface area contributed by atoms with E-state index in [0.29, 0.717) is 32.4 Å². The molecule has 6 heteroatoms. The molecule has 2 amide bonds. The Balaban J connectivity index is 1.81. The molecule has 0 radical (unpaired) electrons. The number of benzene rings is 3. The van der Waals surface area contributed by atoms with Gasteiger partial charge in [-0.1, -0.05) is 61.5 Å². The Hall–Kier alpha value is -3.80. The standard InChI is InChI=1S/C29H34N2O4/c1-4-8-27(32)31(21-23-13-17-26(35-3)18-14-23)28(24-9-6-5-7-10-24)29(33)30-20-19-22-11-15-25(34-2)16-12-22/h5-7,9-18,28H,4,8,19-21H2,1-3H3,(H,30,33)/t28-/m0/s1. The molecule has 0 bridgehead atoms. The highest BCUT2D eigenvalue weighted by Crippen LogP contribution is 2.25. The third-order valence-corrected chi connectivity index (χ3v) is 5.84. The summed E-state index contributed by atoms with van der Waals surface area (Å²) in [6.45, 7) is 2.76. The molecular formula is C29H34N2O4. The third kappa shape index (κ3) is 7.34. The number of carbonyl (C=O) groups excluding carboxylic acids is 2. The lowest BCUT2D eigenvalue weighted by molar-refractivity contribution is -0.141. The van der Waals surface area contributed by atoms with Crippen LogP contribution in [-0.2, 0) is 22.6 Å². The summed E-state index contributed by atoms with van der Waals surface area (Å²) in [4.78, 5) is 28.5. The smallest absolute Gasteiger partial charge is 0.247 e. The fourth-order valence-electron chi connectivity index (χ4n) is 3.94. The molecule has 35 heavy (non-hydrogen) atoms. The highest BCUT2D eigenvalue weighted by molar-refractivity contribution is 5.88. The first-order valence-electron chi connectivity index (χ1n) is 11.9. The minimum Gasteiger partial charge on any atom is -0.497 e. The first kappa shape index (κ1) is 25.8. The van der Waals surface area contributed by atoms with E-state index in [1.54, 1.807) is 19.1 Å². The molecule has 0 fully saturated rings. The molecule has 0 saturated carbocycles. The van der Waals surface area contributed by atoms with E-state index in [1.165, 1.54) is 0 Å². The van der Waals surface area contributed by atoms with Gasteiger partial charge in [-0.05, 0) is 53.8 Å². The number of nitrogens with zero attached hydrogens (tertiary/aromatic N) is 1. The van der Waals surface area contributed by atoms with E-state index in [-0.39, 0.29) is 11.8 Å². The Kier molecular flexibility index (Phi) is 9.72. The fraction of sp³-hybridized carbons (Fsp3) is 0.310. The number of methoxy groups -OCH3 is 2. The third-order valence-electron chi connectivity index (χ3n) is 5.84. The molecule has 0 saturated heterocycles. The van der Waals surface area contributed by atoms with Crippen molar-refractivity contribution in [3.05, 3.63) is 95.6 Å². The largest absolute Gasteiger partial charge is 0.497 e. The van der Waals surface area contributed by atoms with Gasteiger partial charge in [0.15, 0.2) is 0 Å². The summed E-state index contributed by atoms with van der Waals surface area (Å²) in [5.74, 6) is 1.30. The zero-order valence-electron chi connectivity index (χ0n) is 20.7. The maximum atomic E-state index is 13.5. The first-order valence-corrected chi connectivity index (χ1v) is 11.9. The SMILES string of the molecule is CCCC(=O)N(Cc1ccc(OC)cc1)[C@H](C(=O)NCCc1ccc(OC)cc1)c1ccccc1. The molecular weight excluding hydrogens is 440 g/mol. The molecule has 3 aromatic rings. The van der Waals surface area contributed by atoms with Crippen LogP contribution in [-0.4, -0.2) is 37.5 Å². The van der Waals surface area contributed by atoms with Crippen LogP contribution in [0.1, 0.15) is 42.5 Å². The van der Waals surface area contributed by atoms with Gasteiger partial charge in [0.2, 0.25) is 11.8 Å². The predicted molar refractivity (Wildman–Crippen MR) is 137 cm³/mol. The van der Waals surface area contributed by atoms with Crippen LogP contribution in [0.4, 0.5) is 0 Å². The quantitative estimate of drug-likeness (QED) is 0.404. The molecule has 1 N–H and O–H groups in total. The van der Waals surface area contributed by atoms with Gasteiger partial charge in [0, 0.05) is 19.5 Å². The second-order valence-electron chi connectivity index (χ2n) is 8.32. The predicted octanol–water partition coefficient (Wildman–Crippen LogP) is 4.93. The second kappa shape index (κ2) is 13.2. The molecule has 1 atom stereocenters. The Bertz CT molecular complexity index is 1070. The number of ether oxygens (including phenoxy) is 2. The van der Waals surface area contributed by atoms with Crippen LogP contribution in [0.2, 0.25) is 0 Å². The summed E-state index contributed by atoms with van der Waals surface area (Å²) in [6.07, 6.45) is 1.76. The highest BCUT2D eigenvalue weighted by atomic mass is 16.5. The lowest BCUT2D eigenvalue weighted by Crippen LogP contribution is -2.43. The van der Waals surface area contributed by atoms with Crippen molar-refractivity contribution in [2.24, 2.45) is 0 Å². The van der Waals surface area contributed by atoms with Crippen molar-refractivity contribution in [1.82, 2.24) is 10.2 Å². The van der Waals surface area contributed by atoms with Crippen LogP contribution >= 0.6 is 0 Å². The Morgan fingerprint density at radius 1 is 0.829 bits per heavy atom. The van der Waals surface area contributed by atoms with Crippen LogP contribution in [0.3, 0.4) is 0 Å². The summed E-state index contributed by atoms with van der Waals surface area (Å²) >= 11 is 0. The maximum absolute atomic E-state index is 13.5. The second-order valence-corrected chi connectivity index (χ2v) is 8.32. The van der Waals surface area contributed by atoms with Crippen LogP contribution in [0.15, 0.2) is 78.9 Å². The average molecular weight is 475 g/mol. The minimum atomic E-state index is -0.729. The summed E-state index contributed by atoms with van der Waals surface area (Å²) in [5, 5.41) is 3.06. The molecule has 0 aromatic heterocycles. The van der Waals surface area contributed by atoms with Crippen LogP contribution in [0.25, 0.3) is 0 Å². The van der Waals surface area contributed by atoms with E-state index >= 15 is 0 Å². The number of hydrogen-bond acceptors (Lipinski definition) is 4. The summed E-state index contributed by atoms with van der Waals surface area (Å²) in [5.41, 5.74) is 2.81. The summed E-state index contributed by atoms with van der Waals surface area (Å²) < 4.78 is 10.5. The zero-order chi connectivity index (χ0) is 25.0. The molecule has 6 nitrogen and oxygen atoms in total. The van der Waals surface area contributed by atoms with Gasteiger partial charge in [0.05, 0.1) is 14.2 Å². The van der Waals surface area contributed by atoms with Gasteiger partial charge in [0.1, 0.15) is 17.5 Å². The van der Waals surface area contributed by atoms with Gasteiger partial charge < -0.3 is 19.7 Å². The van der Waals surface area contributed by atoms with Gasteiger partial charge in [0.25, 0.3) is 0 Å². The van der Waals surface area contributed by atoms with E-state index in [0.717, 1.165) is 28.2 Å². The summed E-state index contributed by atoms with van der Waals surface area (Å²) in [6, 6.07) is 24.1. The molecule has 3 aromatic carbocycles. The van der Waals surface area contributed by atoms with E-state index in [9.17, 15) is 9.59 Å². The van der Waals surface area contributed by atoms with Gasteiger partial charge >= 0.3 is 0 Å². The van der Waals surface area contributed by atoms with Crippen molar-refractivity contribution in [2.75, 3.05) is 20.8 Å². The summed E-state index contributed by atoms with van der Waals surface area (Å²) in [7, 11) is 3.25. The normalized spacial score (nSPS) is 11.4. The lowest BCUT2D eigenvalue weighted by atomic mass is 10.0. The number of hydrogen-bond donors (Lipinski definition) is 1. The average Bonchev–Trinajstić information content (AvgIpc) is 2.90. The van der Waals surface area contributed by atoms with Crippen LogP contribution in [0.5, 0.6) is 11.5 Å². The molecule has 0 aliphatic carbocycles. The van der Waals surface area contributed by atoms with Gasteiger partial charge in [-0.15, -0.1) is 0 Å². The Morgan fingerprint density at radius 3 is 1.94 bits per heavy atom.